The van der Waals surface area contributed by atoms with Crippen LogP contribution in [0.3, 0.4) is 0 Å². The van der Waals surface area contributed by atoms with Gasteiger partial charge in [-0.1, -0.05) is 71.6 Å². The van der Waals surface area contributed by atoms with E-state index in [0.717, 1.165) is 6.61 Å². The van der Waals surface area contributed by atoms with Crippen molar-refractivity contribution in [1.82, 2.24) is 0 Å². The van der Waals surface area contributed by atoms with E-state index in [-0.39, 0.29) is 0 Å². The second-order valence-electron chi connectivity index (χ2n) is 5.32. The van der Waals surface area contributed by atoms with Gasteiger partial charge in [0.05, 0.1) is 12.7 Å². The predicted molar refractivity (Wildman–Crippen MR) is 70.4 cm³/mol. The molecule has 1 rings (SSSR count). The molecule has 1 nitrogen and oxygen atoms in total. The molecule has 0 aromatic heterocycles. The topological polar surface area (TPSA) is 12.5 Å². The molecular weight excluding hydrogens is 196 g/mol. The Labute approximate surface area is 102 Å². The zero-order valence-electron chi connectivity index (χ0n) is 11.0. The second kappa shape index (κ2) is 9.04. The maximum Gasteiger partial charge on any atom is 0.0812 e. The van der Waals surface area contributed by atoms with Crippen LogP contribution < -0.4 is 0 Å². The smallest absolute Gasteiger partial charge is 0.0812 e. The van der Waals surface area contributed by atoms with E-state index < -0.39 is 0 Å². The fraction of sp³-hybridized carbons (Fsp3) is 0.933. The van der Waals surface area contributed by atoms with Crippen molar-refractivity contribution in [3.8, 4) is 0 Å². The van der Waals surface area contributed by atoms with Crippen LogP contribution in [0.25, 0.3) is 0 Å². The van der Waals surface area contributed by atoms with Crippen LogP contribution in [0.5, 0.6) is 0 Å². The van der Waals surface area contributed by atoms with Crippen molar-refractivity contribution >= 4 is 0 Å². The van der Waals surface area contributed by atoms with Gasteiger partial charge in [-0.25, -0.2) is 0 Å². The number of rotatable bonds is 11. The first-order chi connectivity index (χ1) is 7.83. The summed E-state index contributed by atoms with van der Waals surface area (Å²) >= 11 is 0. The van der Waals surface area contributed by atoms with Gasteiger partial charge in [-0.2, -0.15) is 0 Å². The summed E-state index contributed by atoms with van der Waals surface area (Å²) in [6.07, 6.45) is 14.4. The SMILES string of the molecule is [CH2]C(CCCCCCCCCC)CC1CO1. The van der Waals surface area contributed by atoms with Crippen molar-refractivity contribution in [1.29, 1.82) is 0 Å². The van der Waals surface area contributed by atoms with Crippen LogP contribution in [0.2, 0.25) is 0 Å². The maximum absolute atomic E-state index is 5.22. The lowest BCUT2D eigenvalue weighted by molar-refractivity contribution is 0.361. The Morgan fingerprint density at radius 1 is 1.06 bits per heavy atom. The zero-order valence-corrected chi connectivity index (χ0v) is 11.0. The summed E-state index contributed by atoms with van der Waals surface area (Å²) in [5.74, 6) is 0.632. The normalized spacial score (nSPS) is 21.0. The standard InChI is InChI=1S/C15H29O/c1-3-4-5-6-7-8-9-10-11-14(2)12-15-13-16-15/h14-15H,2-13H2,1H3. The van der Waals surface area contributed by atoms with Gasteiger partial charge < -0.3 is 4.74 Å². The van der Waals surface area contributed by atoms with E-state index in [1.807, 2.05) is 0 Å². The molecule has 1 heterocycles. The van der Waals surface area contributed by atoms with E-state index in [1.54, 1.807) is 0 Å². The minimum atomic E-state index is 0.566. The van der Waals surface area contributed by atoms with Crippen LogP contribution in [-0.2, 0) is 4.74 Å². The van der Waals surface area contributed by atoms with E-state index in [9.17, 15) is 0 Å². The summed E-state index contributed by atoms with van der Waals surface area (Å²) in [4.78, 5) is 0. The van der Waals surface area contributed by atoms with Gasteiger partial charge in [0.25, 0.3) is 0 Å². The van der Waals surface area contributed by atoms with E-state index in [0.29, 0.717) is 12.0 Å². The first-order valence-electron chi connectivity index (χ1n) is 7.27. The van der Waals surface area contributed by atoms with Gasteiger partial charge in [0, 0.05) is 0 Å². The fourth-order valence-corrected chi connectivity index (χ4v) is 2.26. The highest BCUT2D eigenvalue weighted by atomic mass is 16.6. The van der Waals surface area contributed by atoms with E-state index in [4.69, 9.17) is 4.74 Å². The average molecular weight is 225 g/mol. The highest BCUT2D eigenvalue weighted by molar-refractivity contribution is 4.75. The monoisotopic (exact) mass is 225 g/mol. The zero-order chi connectivity index (χ0) is 11.6. The van der Waals surface area contributed by atoms with Gasteiger partial charge in [-0.15, -0.1) is 0 Å². The number of ether oxygens (including phenoxy) is 1. The summed E-state index contributed by atoms with van der Waals surface area (Å²) in [7, 11) is 0. The van der Waals surface area contributed by atoms with Crippen LogP contribution in [0.15, 0.2) is 0 Å². The maximum atomic E-state index is 5.22. The molecule has 0 aliphatic carbocycles. The lowest BCUT2D eigenvalue weighted by Crippen LogP contribution is -1.99. The molecule has 1 radical (unpaired) electrons. The molecule has 0 amide bonds. The van der Waals surface area contributed by atoms with Crippen molar-refractivity contribution in [3.63, 3.8) is 0 Å². The number of hydrogen-bond acceptors (Lipinski definition) is 1. The third kappa shape index (κ3) is 8.15. The number of epoxide rings is 1. The molecule has 2 unspecified atom stereocenters. The van der Waals surface area contributed by atoms with Gasteiger partial charge in [0.2, 0.25) is 0 Å². The quantitative estimate of drug-likeness (QED) is 0.365. The second-order valence-corrected chi connectivity index (χ2v) is 5.32. The highest BCUT2D eigenvalue weighted by Gasteiger charge is 2.24. The minimum absolute atomic E-state index is 0.566. The highest BCUT2D eigenvalue weighted by Crippen LogP contribution is 2.23. The molecule has 0 aromatic carbocycles. The summed E-state index contributed by atoms with van der Waals surface area (Å²) < 4.78 is 5.22. The van der Waals surface area contributed by atoms with Gasteiger partial charge in [0.15, 0.2) is 0 Å². The molecule has 0 saturated carbocycles. The Morgan fingerprint density at radius 2 is 1.62 bits per heavy atom. The first-order valence-corrected chi connectivity index (χ1v) is 7.27. The molecule has 1 saturated heterocycles. The minimum Gasteiger partial charge on any atom is -0.373 e. The van der Waals surface area contributed by atoms with Crippen molar-refractivity contribution in [2.45, 2.75) is 77.2 Å². The molecule has 1 fully saturated rings. The number of unbranched alkanes of at least 4 members (excludes halogenated alkanes) is 7. The third-order valence-electron chi connectivity index (χ3n) is 3.46. The Balaban J connectivity index is 1.73. The lowest BCUT2D eigenvalue weighted by Gasteiger charge is -2.08. The molecule has 1 heteroatoms. The third-order valence-corrected chi connectivity index (χ3v) is 3.46. The van der Waals surface area contributed by atoms with Crippen LogP contribution in [0, 0.1) is 12.8 Å². The molecule has 2 atom stereocenters. The van der Waals surface area contributed by atoms with Gasteiger partial charge in [-0.3, -0.25) is 0 Å². The van der Waals surface area contributed by atoms with Gasteiger partial charge in [-0.05, 0) is 12.3 Å². The molecular formula is C15H29O. The Kier molecular flexibility index (Phi) is 7.92. The lowest BCUT2D eigenvalue weighted by atomic mass is 9.97. The van der Waals surface area contributed by atoms with E-state index in [1.165, 1.54) is 64.2 Å². The van der Waals surface area contributed by atoms with Crippen LogP contribution in [0.1, 0.15) is 71.1 Å². The summed E-state index contributed by atoms with van der Waals surface area (Å²) in [5, 5.41) is 0. The Hall–Kier alpha value is -0.0400. The summed E-state index contributed by atoms with van der Waals surface area (Å²) in [6, 6.07) is 0. The summed E-state index contributed by atoms with van der Waals surface area (Å²) in [6.45, 7) is 7.46. The molecule has 16 heavy (non-hydrogen) atoms. The molecule has 0 bridgehead atoms. The Bertz CT molecular complexity index is 152. The van der Waals surface area contributed by atoms with Crippen molar-refractivity contribution in [3.05, 3.63) is 6.92 Å². The first kappa shape index (κ1) is 14.0. The van der Waals surface area contributed by atoms with E-state index in [2.05, 4.69) is 13.8 Å². The molecule has 1 aliphatic heterocycles. The summed E-state index contributed by atoms with van der Waals surface area (Å²) in [5.41, 5.74) is 0. The van der Waals surface area contributed by atoms with Crippen LogP contribution >= 0.6 is 0 Å². The Morgan fingerprint density at radius 3 is 2.19 bits per heavy atom. The molecule has 0 N–H and O–H groups in total. The molecule has 0 aromatic rings. The molecule has 0 spiro atoms. The van der Waals surface area contributed by atoms with Crippen LogP contribution in [0.4, 0.5) is 0 Å². The number of hydrogen-bond donors (Lipinski definition) is 0. The van der Waals surface area contributed by atoms with Crippen molar-refractivity contribution < 1.29 is 4.74 Å². The van der Waals surface area contributed by atoms with E-state index >= 15 is 0 Å². The van der Waals surface area contributed by atoms with Crippen LogP contribution in [-0.4, -0.2) is 12.7 Å². The molecule has 1 aliphatic rings. The van der Waals surface area contributed by atoms with Gasteiger partial charge >= 0.3 is 0 Å². The molecule has 95 valence electrons. The van der Waals surface area contributed by atoms with Crippen molar-refractivity contribution in [2.24, 2.45) is 5.92 Å². The van der Waals surface area contributed by atoms with Crippen molar-refractivity contribution in [2.75, 3.05) is 6.61 Å². The average Bonchev–Trinajstić information content (AvgIpc) is 3.06. The van der Waals surface area contributed by atoms with Gasteiger partial charge in [0.1, 0.15) is 0 Å². The predicted octanol–water partition coefficient (Wildman–Crippen LogP) is 4.76. The fourth-order valence-electron chi connectivity index (χ4n) is 2.26. The largest absolute Gasteiger partial charge is 0.373 e.